The highest BCUT2D eigenvalue weighted by Gasteiger charge is 2.27. The fourth-order valence-corrected chi connectivity index (χ4v) is 1.60. The molecule has 0 aromatic carbocycles. The van der Waals surface area contributed by atoms with E-state index < -0.39 is 0 Å². The van der Waals surface area contributed by atoms with Crippen molar-refractivity contribution in [3.8, 4) is 0 Å². The fourth-order valence-electron chi connectivity index (χ4n) is 0.620. The normalized spacial score (nSPS) is 15.9. The third-order valence-electron chi connectivity index (χ3n) is 1.02. The summed E-state index contributed by atoms with van der Waals surface area (Å²) in [5.74, 6) is -0.141. The lowest BCUT2D eigenvalue weighted by atomic mass is 10.7. The summed E-state index contributed by atoms with van der Waals surface area (Å²) in [6.07, 6.45) is 0. The van der Waals surface area contributed by atoms with E-state index in [2.05, 4.69) is 5.43 Å². The molecule has 68 valence electrons. The number of carbonyl (C=O) groups excluding carboxylic acids is 2. The summed E-state index contributed by atoms with van der Waals surface area (Å²) < 4.78 is 0.408. The molecule has 0 unspecified atom stereocenters. The lowest BCUT2D eigenvalue weighted by Crippen LogP contribution is -2.43. The molecule has 1 aliphatic rings. The van der Waals surface area contributed by atoms with Gasteiger partial charge in [-0.15, -0.1) is 0 Å². The predicted octanol–water partition coefficient (Wildman–Crippen LogP) is -0.927. The molecule has 7 heteroatoms. The minimum Gasteiger partial charge on any atom is -0.412 e. The molecule has 0 bridgehead atoms. The van der Waals surface area contributed by atoms with Gasteiger partial charge in [0.1, 0.15) is 0 Å². The predicted molar refractivity (Wildman–Crippen MR) is 49.3 cm³/mol. The zero-order valence-corrected chi connectivity index (χ0v) is 7.92. The van der Waals surface area contributed by atoms with Crippen molar-refractivity contribution in [1.82, 2.24) is 10.4 Å². The summed E-state index contributed by atoms with van der Waals surface area (Å²) in [6.45, 7) is 1.33. The molecule has 12 heavy (non-hydrogen) atoms. The van der Waals surface area contributed by atoms with Crippen LogP contribution in [0.3, 0.4) is 0 Å². The number of nitrogens with one attached hydrogen (secondary N) is 1. The SMILES string of the molecule is CC(=O)NN1C(=O)CSC1=S.O. The van der Waals surface area contributed by atoms with E-state index in [1.54, 1.807) is 0 Å². The summed E-state index contributed by atoms with van der Waals surface area (Å²) in [5.41, 5.74) is 2.32. The van der Waals surface area contributed by atoms with Crippen LogP contribution < -0.4 is 5.43 Å². The van der Waals surface area contributed by atoms with Crippen molar-refractivity contribution in [2.45, 2.75) is 6.92 Å². The van der Waals surface area contributed by atoms with Crippen LogP contribution in [0.5, 0.6) is 0 Å². The van der Waals surface area contributed by atoms with E-state index in [1.165, 1.54) is 18.7 Å². The van der Waals surface area contributed by atoms with E-state index in [9.17, 15) is 9.59 Å². The second-order valence-corrected chi connectivity index (χ2v) is 3.56. The number of nitrogens with zero attached hydrogens (tertiary/aromatic N) is 1. The Morgan fingerprint density at radius 2 is 2.33 bits per heavy atom. The van der Waals surface area contributed by atoms with Gasteiger partial charge in [-0.3, -0.25) is 15.0 Å². The molecule has 1 fully saturated rings. The number of amides is 2. The van der Waals surface area contributed by atoms with Crippen LogP contribution in [-0.4, -0.2) is 32.4 Å². The summed E-state index contributed by atoms with van der Waals surface area (Å²) in [4.78, 5) is 21.4. The van der Waals surface area contributed by atoms with Gasteiger partial charge in [0.05, 0.1) is 5.75 Å². The second-order valence-electron chi connectivity index (χ2n) is 1.95. The minimum atomic E-state index is -0.289. The Balaban J connectivity index is 0.00000121. The van der Waals surface area contributed by atoms with E-state index in [0.717, 1.165) is 5.01 Å². The van der Waals surface area contributed by atoms with Gasteiger partial charge in [-0.1, -0.05) is 24.0 Å². The molecule has 2 amide bonds. The van der Waals surface area contributed by atoms with Crippen molar-refractivity contribution >= 4 is 40.1 Å². The summed E-state index contributed by atoms with van der Waals surface area (Å²) >= 11 is 6.04. The number of hydrogen-bond acceptors (Lipinski definition) is 4. The zero-order chi connectivity index (χ0) is 8.43. The van der Waals surface area contributed by atoms with Gasteiger partial charge in [-0.05, 0) is 0 Å². The minimum absolute atomic E-state index is 0. The van der Waals surface area contributed by atoms with Gasteiger partial charge in [0.15, 0.2) is 4.32 Å². The van der Waals surface area contributed by atoms with Gasteiger partial charge in [0, 0.05) is 6.92 Å². The van der Waals surface area contributed by atoms with E-state index in [4.69, 9.17) is 12.2 Å². The number of hydrogen-bond donors (Lipinski definition) is 1. The monoisotopic (exact) mass is 208 g/mol. The maximum atomic E-state index is 10.9. The molecule has 5 nitrogen and oxygen atoms in total. The molecule has 0 saturated carbocycles. The van der Waals surface area contributed by atoms with Gasteiger partial charge < -0.3 is 5.48 Å². The smallest absolute Gasteiger partial charge is 0.257 e. The van der Waals surface area contributed by atoms with Crippen molar-refractivity contribution in [1.29, 1.82) is 0 Å². The lowest BCUT2D eigenvalue weighted by molar-refractivity contribution is -0.133. The second kappa shape index (κ2) is 4.39. The molecule has 0 aromatic rings. The van der Waals surface area contributed by atoms with Crippen LogP contribution in [0.1, 0.15) is 6.92 Å². The van der Waals surface area contributed by atoms with Crippen molar-refractivity contribution in [3.63, 3.8) is 0 Å². The highest BCUT2D eigenvalue weighted by atomic mass is 32.2. The maximum Gasteiger partial charge on any atom is 0.257 e. The third kappa shape index (κ3) is 2.43. The molecule has 0 aliphatic carbocycles. The molecule has 1 heterocycles. The molecular formula is C5H8N2O3S2. The third-order valence-corrected chi connectivity index (χ3v) is 2.38. The number of carbonyl (C=O) groups is 2. The fraction of sp³-hybridized carbons (Fsp3) is 0.400. The van der Waals surface area contributed by atoms with Gasteiger partial charge in [0.2, 0.25) is 5.91 Å². The van der Waals surface area contributed by atoms with Crippen LogP contribution in [0, 0.1) is 0 Å². The first kappa shape index (κ1) is 11.3. The Bertz CT molecular complexity index is 215. The van der Waals surface area contributed by atoms with Crippen molar-refractivity contribution in [2.75, 3.05) is 5.75 Å². The Kier molecular flexibility index (Phi) is 4.15. The molecule has 1 saturated heterocycles. The van der Waals surface area contributed by atoms with Crippen molar-refractivity contribution in [3.05, 3.63) is 0 Å². The summed E-state index contributed by atoms with van der Waals surface area (Å²) in [6, 6.07) is 0. The quantitative estimate of drug-likeness (QED) is 0.565. The van der Waals surface area contributed by atoms with Crippen LogP contribution >= 0.6 is 24.0 Å². The number of hydrazine groups is 1. The first-order chi connectivity index (χ1) is 5.11. The van der Waals surface area contributed by atoms with Crippen LogP contribution in [0.25, 0.3) is 0 Å². The average molecular weight is 208 g/mol. The Morgan fingerprint density at radius 3 is 2.67 bits per heavy atom. The van der Waals surface area contributed by atoms with E-state index in [-0.39, 0.29) is 17.3 Å². The van der Waals surface area contributed by atoms with Crippen LogP contribution in [0.15, 0.2) is 0 Å². The molecule has 0 radical (unpaired) electrons. The van der Waals surface area contributed by atoms with Crippen molar-refractivity contribution in [2.24, 2.45) is 0 Å². The first-order valence-corrected chi connectivity index (χ1v) is 4.27. The molecular weight excluding hydrogens is 200 g/mol. The Labute approximate surface area is 78.8 Å². The van der Waals surface area contributed by atoms with E-state index in [0.29, 0.717) is 10.1 Å². The molecule has 0 spiro atoms. The van der Waals surface area contributed by atoms with E-state index in [1.807, 2.05) is 0 Å². The van der Waals surface area contributed by atoms with Crippen LogP contribution in [-0.2, 0) is 9.59 Å². The Morgan fingerprint density at radius 1 is 1.75 bits per heavy atom. The standard InChI is InChI=1S/C5H6N2O2S2.H2O/c1-3(8)6-7-4(9)2-11-5(7)10;/h2H2,1H3,(H,6,8);1H2. The average Bonchev–Trinajstić information content (AvgIpc) is 2.18. The highest BCUT2D eigenvalue weighted by molar-refractivity contribution is 8.23. The van der Waals surface area contributed by atoms with Gasteiger partial charge >= 0.3 is 0 Å². The first-order valence-electron chi connectivity index (χ1n) is 2.88. The van der Waals surface area contributed by atoms with E-state index >= 15 is 0 Å². The zero-order valence-electron chi connectivity index (χ0n) is 6.29. The van der Waals surface area contributed by atoms with Gasteiger partial charge in [-0.2, -0.15) is 0 Å². The number of thiocarbonyl (C=S) groups is 1. The maximum absolute atomic E-state index is 10.9. The van der Waals surface area contributed by atoms with Crippen molar-refractivity contribution < 1.29 is 15.1 Å². The van der Waals surface area contributed by atoms with Gasteiger partial charge in [-0.25, -0.2) is 5.01 Å². The summed E-state index contributed by atoms with van der Waals surface area (Å²) in [5, 5.41) is 1.10. The molecule has 3 N–H and O–H groups in total. The van der Waals surface area contributed by atoms with Crippen LogP contribution in [0.2, 0.25) is 0 Å². The Hall–Kier alpha value is -0.660. The molecule has 1 aliphatic heterocycles. The molecule has 0 aromatic heterocycles. The number of thioether (sulfide) groups is 1. The topological polar surface area (TPSA) is 80.9 Å². The van der Waals surface area contributed by atoms with Gasteiger partial charge in [0.25, 0.3) is 5.91 Å². The highest BCUT2D eigenvalue weighted by Crippen LogP contribution is 2.16. The lowest BCUT2D eigenvalue weighted by Gasteiger charge is -2.13. The molecule has 0 atom stereocenters. The number of rotatable bonds is 1. The molecule has 1 rings (SSSR count). The largest absolute Gasteiger partial charge is 0.412 e. The summed E-state index contributed by atoms with van der Waals surface area (Å²) in [7, 11) is 0. The van der Waals surface area contributed by atoms with Crippen LogP contribution in [0.4, 0.5) is 0 Å².